The maximum Gasteiger partial charge on any atom is 0.124 e. The van der Waals surface area contributed by atoms with Gasteiger partial charge in [0.2, 0.25) is 0 Å². The fourth-order valence-electron chi connectivity index (χ4n) is 4.53. The lowest BCUT2D eigenvalue weighted by atomic mass is 9.99. The molecular weight excluding hydrogens is 543 g/mol. The number of hydrogen-bond donors (Lipinski definition) is 4. The van der Waals surface area contributed by atoms with Crippen molar-refractivity contribution in [3.05, 3.63) is 127 Å². The van der Waals surface area contributed by atoms with Crippen LogP contribution in [-0.2, 0) is 6.54 Å². The van der Waals surface area contributed by atoms with Crippen molar-refractivity contribution in [2.45, 2.75) is 20.4 Å². The second-order valence-corrected chi connectivity index (χ2v) is 13.0. The molecule has 0 saturated heterocycles. The zero-order valence-corrected chi connectivity index (χ0v) is 25.2. The number of anilines is 1. The van der Waals surface area contributed by atoms with Gasteiger partial charge in [0.25, 0.3) is 0 Å². The molecular formula is C34H37FN6S. The highest BCUT2D eigenvalue weighted by molar-refractivity contribution is 8.25. The van der Waals surface area contributed by atoms with E-state index in [1.807, 2.05) is 50.5 Å². The van der Waals surface area contributed by atoms with Gasteiger partial charge in [-0.2, -0.15) is 14.5 Å². The first-order chi connectivity index (χ1) is 20.0. The number of hydrogen-bond acceptors (Lipinski definition) is 5. The third-order valence-corrected chi connectivity index (χ3v) is 7.53. The first kappa shape index (κ1) is 30.3. The number of aromatic nitrogens is 3. The lowest BCUT2D eigenvalue weighted by Crippen LogP contribution is -2.08. The lowest BCUT2D eigenvalue weighted by Gasteiger charge is -2.15. The Bertz CT molecular complexity index is 1840. The number of fused-ring (bicyclic) bond motifs is 1. The zero-order chi connectivity index (χ0) is 30.4. The van der Waals surface area contributed by atoms with Crippen molar-refractivity contribution in [2.24, 2.45) is 0 Å². The molecule has 2 aromatic carbocycles. The molecule has 42 heavy (non-hydrogen) atoms. The molecule has 0 spiro atoms. The molecule has 0 aliphatic heterocycles. The molecule has 0 radical (unpaired) electrons. The van der Waals surface area contributed by atoms with Crippen LogP contribution < -0.4 is 15.4 Å². The smallest absolute Gasteiger partial charge is 0.124 e. The molecule has 6 nitrogen and oxygen atoms in total. The molecule has 2 aromatic heterocycles. The van der Waals surface area contributed by atoms with E-state index in [-0.39, 0.29) is 5.82 Å². The van der Waals surface area contributed by atoms with Gasteiger partial charge in [-0.1, -0.05) is 43.6 Å². The van der Waals surface area contributed by atoms with Crippen molar-refractivity contribution in [1.82, 2.24) is 25.2 Å². The number of benzene rings is 2. The van der Waals surface area contributed by atoms with Gasteiger partial charge in [-0.05, 0) is 96.6 Å². The SMILES string of the molecule is C=CN/C(C=C)=C/C(=C\C)c1ccc2[nH]nc(C(=C)Nc3cncc(-c4cc(F)cc(CNS(=C)(=C)C)c4)c3C)c2c1. The predicted octanol–water partition coefficient (Wildman–Crippen LogP) is 7.66. The first-order valence-corrected chi connectivity index (χ1v) is 15.7. The van der Waals surface area contributed by atoms with Gasteiger partial charge in [-0.25, -0.2) is 4.39 Å². The Morgan fingerprint density at radius 3 is 2.60 bits per heavy atom. The van der Waals surface area contributed by atoms with E-state index in [9.17, 15) is 4.39 Å². The normalized spacial score (nSPS) is 12.3. The minimum Gasteiger partial charge on any atom is -0.362 e. The highest BCUT2D eigenvalue weighted by Crippen LogP contribution is 2.32. The lowest BCUT2D eigenvalue weighted by molar-refractivity contribution is 0.625. The number of H-pyrrole nitrogens is 1. The van der Waals surface area contributed by atoms with Crippen LogP contribution in [0.15, 0.2) is 98.7 Å². The van der Waals surface area contributed by atoms with Crippen molar-refractivity contribution in [2.75, 3.05) is 11.6 Å². The summed E-state index contributed by atoms with van der Waals surface area (Å²) in [6, 6.07) is 11.1. The third kappa shape index (κ3) is 7.15. The first-order valence-electron chi connectivity index (χ1n) is 13.3. The van der Waals surface area contributed by atoms with E-state index < -0.39 is 9.39 Å². The van der Waals surface area contributed by atoms with Gasteiger partial charge < -0.3 is 10.6 Å². The van der Waals surface area contributed by atoms with Gasteiger partial charge in [0, 0.05) is 29.4 Å². The van der Waals surface area contributed by atoms with Crippen LogP contribution >= 0.6 is 9.39 Å². The third-order valence-electron chi connectivity index (χ3n) is 6.69. The number of pyridine rings is 1. The van der Waals surface area contributed by atoms with Crippen LogP contribution in [0.2, 0.25) is 0 Å². The van der Waals surface area contributed by atoms with Crippen LogP contribution in [0, 0.1) is 12.7 Å². The van der Waals surface area contributed by atoms with Gasteiger partial charge in [-0.15, -0.1) is 0 Å². The Hall–Kier alpha value is -4.66. The van der Waals surface area contributed by atoms with E-state index in [2.05, 4.69) is 68.1 Å². The van der Waals surface area contributed by atoms with Gasteiger partial charge in [0.05, 0.1) is 23.1 Å². The second-order valence-electron chi connectivity index (χ2n) is 10.1. The summed E-state index contributed by atoms with van der Waals surface area (Å²) in [4.78, 5) is 4.44. The molecule has 0 unspecified atom stereocenters. The minimum absolute atomic E-state index is 0.314. The second kappa shape index (κ2) is 12.9. The maximum absolute atomic E-state index is 14.6. The van der Waals surface area contributed by atoms with Crippen LogP contribution in [0.1, 0.15) is 29.3 Å². The molecule has 0 fully saturated rings. The molecule has 0 atom stereocenters. The Labute approximate surface area is 248 Å². The van der Waals surface area contributed by atoms with Crippen molar-refractivity contribution in [3.8, 4) is 11.1 Å². The number of allylic oxidation sites excluding steroid dienone is 4. The molecule has 8 heteroatoms. The van der Waals surface area contributed by atoms with E-state index in [4.69, 9.17) is 0 Å². The zero-order valence-electron chi connectivity index (χ0n) is 24.4. The van der Waals surface area contributed by atoms with Crippen LogP contribution in [0.3, 0.4) is 0 Å². The van der Waals surface area contributed by atoms with Crippen molar-refractivity contribution >= 4 is 49.0 Å². The molecule has 216 valence electrons. The average Bonchev–Trinajstić information content (AvgIpc) is 3.38. The van der Waals surface area contributed by atoms with E-state index >= 15 is 0 Å². The van der Waals surface area contributed by atoms with Gasteiger partial charge in [-0.3, -0.25) is 14.8 Å². The predicted molar refractivity (Wildman–Crippen MR) is 183 cm³/mol. The molecule has 4 rings (SSSR count). The molecule has 4 N–H and O–H groups in total. The summed E-state index contributed by atoms with van der Waals surface area (Å²) in [6.07, 6.45) is 12.8. The summed E-state index contributed by atoms with van der Waals surface area (Å²) < 4.78 is 17.9. The monoisotopic (exact) mass is 580 g/mol. The largest absolute Gasteiger partial charge is 0.362 e. The van der Waals surface area contributed by atoms with Gasteiger partial charge in [0.15, 0.2) is 0 Å². The summed E-state index contributed by atoms with van der Waals surface area (Å²) >= 11 is 0. The average molecular weight is 581 g/mol. The molecule has 0 aliphatic rings. The van der Waals surface area contributed by atoms with Crippen molar-refractivity contribution in [1.29, 1.82) is 0 Å². The Balaban J connectivity index is 1.64. The fourth-order valence-corrected chi connectivity index (χ4v) is 5.05. The van der Waals surface area contributed by atoms with Crippen LogP contribution in [0.5, 0.6) is 0 Å². The van der Waals surface area contributed by atoms with Crippen LogP contribution in [0.25, 0.3) is 33.3 Å². The Morgan fingerprint density at radius 1 is 1.12 bits per heavy atom. The maximum atomic E-state index is 14.6. The number of aromatic amines is 1. The summed E-state index contributed by atoms with van der Waals surface area (Å²) in [7, 11) is -1.43. The number of rotatable bonds is 12. The Kier molecular flexibility index (Phi) is 9.30. The van der Waals surface area contributed by atoms with E-state index in [1.165, 1.54) is 12.1 Å². The number of nitrogens with zero attached hydrogens (tertiary/aromatic N) is 2. The summed E-state index contributed by atoms with van der Waals surface area (Å²) in [6.45, 7) is 16.3. The summed E-state index contributed by atoms with van der Waals surface area (Å²) in [5.74, 6) is 7.77. The number of halogens is 1. The van der Waals surface area contributed by atoms with Crippen LogP contribution in [0.4, 0.5) is 10.1 Å². The molecule has 0 saturated carbocycles. The van der Waals surface area contributed by atoms with E-state index in [1.54, 1.807) is 24.7 Å². The van der Waals surface area contributed by atoms with Gasteiger partial charge >= 0.3 is 0 Å². The molecule has 4 aromatic rings. The van der Waals surface area contributed by atoms with Crippen LogP contribution in [-0.4, -0.2) is 33.2 Å². The standard InChI is InChI=1S/C34H37FN6S/c1-9-25(17-29(10-2)37-11-3)26-12-13-32-30(18-26)34(41-40-32)23(5)39-33-21-36-20-31(22(33)4)27-14-24(15-28(35)16-27)19-38-42(6,7)8/h9-18,20-21,37-39H,2-3,5-7,19H2,1,4,8H3,(H,40,41)/b25-9+,29-17+. The molecule has 2 heterocycles. The van der Waals surface area contributed by atoms with Gasteiger partial charge in [0.1, 0.15) is 11.5 Å². The summed E-state index contributed by atoms with van der Waals surface area (Å²) in [5.41, 5.74) is 9.08. The van der Waals surface area contributed by atoms with Crippen molar-refractivity contribution in [3.63, 3.8) is 0 Å². The number of nitrogens with one attached hydrogen (secondary N) is 4. The highest BCUT2D eigenvalue weighted by Gasteiger charge is 2.15. The molecule has 0 aliphatic carbocycles. The molecule has 0 amide bonds. The quantitative estimate of drug-likeness (QED) is 0.102. The Morgan fingerprint density at radius 2 is 1.90 bits per heavy atom. The highest BCUT2D eigenvalue weighted by atomic mass is 32.2. The topological polar surface area (TPSA) is 77.7 Å². The van der Waals surface area contributed by atoms with Crippen molar-refractivity contribution < 1.29 is 4.39 Å². The summed E-state index contributed by atoms with van der Waals surface area (Å²) in [5, 5.41) is 15.0. The minimum atomic E-state index is -1.43. The molecule has 0 bridgehead atoms. The van der Waals surface area contributed by atoms with E-state index in [0.717, 1.165) is 55.7 Å². The fraction of sp³-hybridized carbons (Fsp3) is 0.118. The van der Waals surface area contributed by atoms with E-state index in [0.29, 0.717) is 17.9 Å².